The Morgan fingerprint density at radius 3 is 2.87 bits per heavy atom. The summed E-state index contributed by atoms with van der Waals surface area (Å²) in [5.74, 6) is -0.269. The van der Waals surface area contributed by atoms with Gasteiger partial charge >= 0.3 is 14.6 Å². The van der Waals surface area contributed by atoms with Gasteiger partial charge in [-0.2, -0.15) is 0 Å². The first kappa shape index (κ1) is 26.5. The van der Waals surface area contributed by atoms with Crippen molar-refractivity contribution < 1.29 is 46.4 Å². The van der Waals surface area contributed by atoms with Gasteiger partial charge in [0.05, 0.1) is 31.9 Å². The number of ether oxygens (including phenoxy) is 1. The molecule has 4 aliphatic rings. The third-order valence-electron chi connectivity index (χ3n) is 7.46. The minimum atomic E-state index is -4.90. The van der Waals surface area contributed by atoms with Gasteiger partial charge in [0.15, 0.2) is 23.9 Å². The molecular weight excluding hydrogens is 571 g/mol. The summed E-state index contributed by atoms with van der Waals surface area (Å²) in [6.45, 7) is -5.34. The molecule has 4 fully saturated rings. The zero-order valence-electron chi connectivity index (χ0n) is 19.3. The van der Waals surface area contributed by atoms with Gasteiger partial charge in [0, 0.05) is 5.41 Å². The number of hydrogen-bond donors (Lipinski definition) is 6. The van der Waals surface area contributed by atoms with Crippen LogP contribution in [0.4, 0.5) is 10.2 Å². The Morgan fingerprint density at radius 1 is 1.32 bits per heavy atom. The summed E-state index contributed by atoms with van der Waals surface area (Å²) in [7, 11) is -4.90. The van der Waals surface area contributed by atoms with Gasteiger partial charge in [0.1, 0.15) is 36.3 Å². The number of nitrogens with two attached hydrogens (primary N) is 1. The fourth-order valence-corrected chi connectivity index (χ4v) is 8.19. The third-order valence-corrected chi connectivity index (χ3v) is 10.0. The third kappa shape index (κ3) is 4.27. The summed E-state index contributed by atoms with van der Waals surface area (Å²) >= 11 is 4.02. The molecule has 2 saturated heterocycles. The summed E-state index contributed by atoms with van der Waals surface area (Å²) in [4.78, 5) is 22.8. The minimum absolute atomic E-state index is 0.138. The maximum atomic E-state index is 15.1. The largest absolute Gasteiger partial charge is 0.472 e. The first-order valence-corrected chi connectivity index (χ1v) is 15.6. The van der Waals surface area contributed by atoms with Crippen LogP contribution in [0.15, 0.2) is 12.7 Å². The highest BCUT2D eigenvalue weighted by molar-refractivity contribution is 8.44. The number of aliphatic hydroxyl groups excluding tert-OH is 1. The van der Waals surface area contributed by atoms with Crippen molar-refractivity contribution in [3.63, 3.8) is 0 Å². The van der Waals surface area contributed by atoms with Crippen LogP contribution < -0.4 is 11.1 Å². The number of hydrogen-bond acceptors (Lipinski definition) is 13. The lowest BCUT2D eigenvalue weighted by molar-refractivity contribution is -0.0404. The van der Waals surface area contributed by atoms with E-state index in [2.05, 4.69) is 32.5 Å². The van der Waals surface area contributed by atoms with E-state index in [-0.39, 0.29) is 5.82 Å². The molecular formula is C18H24FN7O9P2S. The fraction of sp³-hybridized carbons (Fsp3) is 0.667. The van der Waals surface area contributed by atoms with Gasteiger partial charge in [-0.25, -0.2) is 28.5 Å². The van der Waals surface area contributed by atoms with Crippen LogP contribution >= 0.6 is 26.9 Å². The van der Waals surface area contributed by atoms with Crippen LogP contribution in [0.2, 0.25) is 0 Å². The Morgan fingerprint density at radius 2 is 2.11 bits per heavy atom. The Kier molecular flexibility index (Phi) is 6.39. The van der Waals surface area contributed by atoms with Crippen molar-refractivity contribution in [2.75, 3.05) is 18.9 Å². The van der Waals surface area contributed by atoms with Crippen LogP contribution in [0.5, 0.6) is 0 Å². The van der Waals surface area contributed by atoms with Crippen molar-refractivity contribution in [1.82, 2.24) is 24.8 Å². The lowest BCUT2D eigenvalue weighted by atomic mass is 10.0. The molecule has 1 spiro atoms. The van der Waals surface area contributed by atoms with E-state index in [0.29, 0.717) is 23.9 Å². The number of aliphatic hydroxyl groups is 1. The average Bonchev–Trinajstić information content (AvgIpc) is 3.18. The molecule has 20 heteroatoms. The summed E-state index contributed by atoms with van der Waals surface area (Å²) in [5, 5.41) is 20.9. The van der Waals surface area contributed by atoms with E-state index in [9.17, 15) is 19.1 Å². The minimum Gasteiger partial charge on any atom is -0.388 e. The number of anilines is 1. The average molecular weight is 595 g/mol. The fourth-order valence-electron chi connectivity index (χ4n) is 5.67. The molecule has 6 N–H and O–H groups in total. The summed E-state index contributed by atoms with van der Waals surface area (Å²) in [6.07, 6.45) is -5.27. The lowest BCUT2D eigenvalue weighted by Crippen LogP contribution is -2.40. The van der Waals surface area contributed by atoms with Gasteiger partial charge in [-0.1, -0.05) is 12.2 Å². The number of phosphoric acid groups is 1. The summed E-state index contributed by atoms with van der Waals surface area (Å²) in [5.41, 5.74) is 5.44. The van der Waals surface area contributed by atoms with Gasteiger partial charge in [-0.15, -0.1) is 0 Å². The van der Waals surface area contributed by atoms with Gasteiger partial charge in [-0.3, -0.25) is 23.5 Å². The van der Waals surface area contributed by atoms with Gasteiger partial charge in [0.25, 0.3) is 0 Å². The second kappa shape index (κ2) is 9.16. The van der Waals surface area contributed by atoms with E-state index in [1.165, 1.54) is 12.7 Å². The summed E-state index contributed by atoms with van der Waals surface area (Å²) in [6, 6.07) is -0.723. The Bertz CT molecular complexity index is 1370. The molecule has 0 amide bonds. The van der Waals surface area contributed by atoms with Crippen LogP contribution in [-0.2, 0) is 32.0 Å². The smallest absolute Gasteiger partial charge is 0.388 e. The number of aromatic nitrogens is 4. The van der Waals surface area contributed by atoms with E-state index in [1.54, 1.807) is 4.57 Å². The molecule has 2 unspecified atom stereocenters. The number of nitrogens with zero attached hydrogens (tertiary/aromatic N) is 4. The second-order valence-corrected chi connectivity index (χ2v) is 13.8. The van der Waals surface area contributed by atoms with Crippen molar-refractivity contribution in [3.05, 3.63) is 12.7 Å². The maximum Gasteiger partial charge on any atom is 0.472 e. The highest BCUT2D eigenvalue weighted by atomic mass is 32.7. The number of imidazole rings is 1. The number of nitrogen functional groups attached to an aromatic ring is 1. The molecule has 2 saturated carbocycles. The molecule has 0 aromatic carbocycles. The molecule has 0 radical (unpaired) electrons. The predicted molar refractivity (Wildman–Crippen MR) is 129 cm³/mol. The number of thiol groups is 1. The first-order chi connectivity index (χ1) is 18.0. The van der Waals surface area contributed by atoms with Gasteiger partial charge < -0.3 is 30.4 Å². The zero-order chi connectivity index (χ0) is 27.0. The normalized spacial score (nSPS) is 46.8. The lowest BCUT2D eigenvalue weighted by Gasteiger charge is -2.30. The van der Waals surface area contributed by atoms with Crippen molar-refractivity contribution in [2.24, 2.45) is 11.3 Å². The van der Waals surface area contributed by atoms with Crippen LogP contribution in [-0.4, -0.2) is 85.9 Å². The first-order valence-electron chi connectivity index (χ1n) is 11.4. The predicted octanol–water partition coefficient (Wildman–Crippen LogP) is 0.546. The van der Waals surface area contributed by atoms with E-state index < -0.39 is 82.0 Å². The topological polar surface area (TPSA) is 226 Å². The number of rotatable bonds is 3. The maximum absolute atomic E-state index is 15.1. The second-order valence-electron chi connectivity index (χ2n) is 9.56. The van der Waals surface area contributed by atoms with Crippen molar-refractivity contribution in [2.45, 2.75) is 49.3 Å². The van der Waals surface area contributed by atoms with Crippen molar-refractivity contribution in [3.8, 4) is 0 Å². The number of fused-ring (bicyclic) bond motifs is 3. The van der Waals surface area contributed by atoms with Crippen LogP contribution in [0.3, 0.4) is 0 Å². The molecule has 2 aliphatic heterocycles. The Hall–Kier alpha value is -1.72. The van der Waals surface area contributed by atoms with Crippen LogP contribution in [0, 0.1) is 16.7 Å². The van der Waals surface area contributed by atoms with E-state index >= 15 is 4.39 Å². The van der Waals surface area contributed by atoms with E-state index in [1.807, 2.05) is 0 Å². The SMILES string of the molecule is N=CN[C@@H]1O[C@@H]2CO[P@](=O)(S)O[C@H]3[C@@H](O)[C@H](n4cnc5c(N)ncnc54)[C@H]4CC43COP(=O)(O)O[C@@H]1[C@@H]2F. The number of nitrogens with one attached hydrogen (secondary N) is 2. The number of phosphoric ester groups is 1. The zero-order valence-corrected chi connectivity index (χ0v) is 22.0. The van der Waals surface area contributed by atoms with Crippen LogP contribution in [0.25, 0.3) is 11.2 Å². The quantitative estimate of drug-likeness (QED) is 0.123. The van der Waals surface area contributed by atoms with Gasteiger partial charge in [-0.05, 0) is 12.3 Å². The molecule has 4 heterocycles. The van der Waals surface area contributed by atoms with Gasteiger partial charge in [0.2, 0.25) is 0 Å². The van der Waals surface area contributed by atoms with Crippen LogP contribution in [0.1, 0.15) is 12.5 Å². The molecule has 2 aromatic rings. The number of halogens is 1. The highest BCUT2D eigenvalue weighted by Gasteiger charge is 2.74. The highest BCUT2D eigenvalue weighted by Crippen LogP contribution is 2.73. The monoisotopic (exact) mass is 595 g/mol. The molecule has 2 bridgehead atoms. The molecule has 2 aromatic heterocycles. The van der Waals surface area contributed by atoms with E-state index in [4.69, 9.17) is 34.0 Å². The molecule has 208 valence electrons. The molecule has 2 aliphatic carbocycles. The summed E-state index contributed by atoms with van der Waals surface area (Å²) < 4.78 is 69.6. The molecule has 6 rings (SSSR count). The molecule has 38 heavy (non-hydrogen) atoms. The van der Waals surface area contributed by atoms with E-state index in [0.717, 1.165) is 0 Å². The molecule has 11 atom stereocenters. The Balaban J connectivity index is 1.34. The van der Waals surface area contributed by atoms with Crippen molar-refractivity contribution >= 4 is 50.2 Å². The standard InChI is InChI=1S/C18H24FN7O9P2S/c19-9-8-2-31-37(30,38)35-14-12(27)11(26-6-25-10-15(21)23-5-24-16(10)26)7-1-18(7,14)3-32-36(28,29)34-13(9)17(33-8)22-4-20/h4-9,11-14,17,27H,1-3H2,(H2,20,22)(H,28,29)(H,30,38)(H2,21,23,24)/t7-,8-,9-,11-,12+,13-,14+,17-,18?,37+/m1/s1. The Labute approximate surface area is 219 Å². The van der Waals surface area contributed by atoms with Crippen molar-refractivity contribution in [1.29, 1.82) is 5.41 Å². The molecule has 16 nitrogen and oxygen atoms in total. The number of alkyl halides is 1.